The fraction of sp³-hybridized carbons (Fsp3) is 0.364. The Bertz CT molecular complexity index is 324. The number of para-hydroxylation sites is 1. The van der Waals surface area contributed by atoms with Gasteiger partial charge in [-0.1, -0.05) is 25.1 Å². The average Bonchev–Trinajstić information content (AvgIpc) is 2.41. The number of likely N-dealkylation sites (N-methyl/N-ethyl adjacent to an activating group) is 1. The summed E-state index contributed by atoms with van der Waals surface area (Å²) >= 11 is 0. The normalized spacial score (nSPS) is 23.8. The Morgan fingerprint density at radius 3 is 2.62 bits per heavy atom. The van der Waals surface area contributed by atoms with Gasteiger partial charge in [-0.2, -0.15) is 0 Å². The summed E-state index contributed by atoms with van der Waals surface area (Å²) in [6, 6.07) is 8.47. The van der Waals surface area contributed by atoms with Crippen LogP contribution in [0, 0.1) is 0 Å². The van der Waals surface area contributed by atoms with Gasteiger partial charge in [-0.3, -0.25) is 4.99 Å². The van der Waals surface area contributed by atoms with Gasteiger partial charge in [-0.15, -0.1) is 0 Å². The van der Waals surface area contributed by atoms with Crippen LogP contribution in [0.25, 0.3) is 0 Å². The summed E-state index contributed by atoms with van der Waals surface area (Å²) in [5.74, 6) is 1.59. The van der Waals surface area contributed by atoms with E-state index in [4.69, 9.17) is 0 Å². The smallest absolute Gasteiger partial charge is 0.110 e. The Balaban J connectivity index is 2.57. The first-order valence-electron chi connectivity index (χ1n) is 4.55. The van der Waals surface area contributed by atoms with E-state index in [1.807, 2.05) is 7.05 Å². The molecule has 2 rings (SSSR count). The van der Waals surface area contributed by atoms with E-state index in [0.29, 0.717) is 5.92 Å². The maximum Gasteiger partial charge on any atom is 0.110 e. The molecule has 0 fully saturated rings. The van der Waals surface area contributed by atoms with Crippen molar-refractivity contribution in [2.45, 2.75) is 12.8 Å². The topological polar surface area (TPSA) is 15.6 Å². The lowest BCUT2D eigenvalue weighted by molar-refractivity contribution is 1.04. The van der Waals surface area contributed by atoms with Gasteiger partial charge in [-0.25, -0.2) is 0 Å². The molecule has 0 aliphatic carbocycles. The Labute approximate surface area is 78.9 Å². The first-order valence-corrected chi connectivity index (χ1v) is 4.55. The number of benzene rings is 1. The lowest BCUT2D eigenvalue weighted by Crippen LogP contribution is -2.23. The Morgan fingerprint density at radius 1 is 1.31 bits per heavy atom. The summed E-state index contributed by atoms with van der Waals surface area (Å²) in [5.41, 5.74) is 2.67. The van der Waals surface area contributed by atoms with Gasteiger partial charge < -0.3 is 4.90 Å². The molecule has 1 aliphatic heterocycles. The third-order valence-electron chi connectivity index (χ3n) is 2.72. The van der Waals surface area contributed by atoms with Crippen molar-refractivity contribution in [3.8, 4) is 0 Å². The van der Waals surface area contributed by atoms with Gasteiger partial charge in [0.25, 0.3) is 0 Å². The summed E-state index contributed by atoms with van der Waals surface area (Å²) in [7, 11) is 3.93. The van der Waals surface area contributed by atoms with Crippen LogP contribution < -0.4 is 4.90 Å². The van der Waals surface area contributed by atoms with Crippen molar-refractivity contribution in [3.63, 3.8) is 0 Å². The van der Waals surface area contributed by atoms with Crippen LogP contribution in [0.5, 0.6) is 0 Å². The molecule has 1 aliphatic rings. The molecule has 2 heteroatoms. The highest BCUT2D eigenvalue weighted by atomic mass is 15.2. The van der Waals surface area contributed by atoms with Crippen LogP contribution in [0.2, 0.25) is 0 Å². The van der Waals surface area contributed by atoms with Crippen molar-refractivity contribution in [1.29, 1.82) is 0 Å². The first-order chi connectivity index (χ1) is 6.25. The average molecular weight is 174 g/mol. The fourth-order valence-corrected chi connectivity index (χ4v) is 2.06. The zero-order chi connectivity index (χ0) is 9.42. The van der Waals surface area contributed by atoms with Gasteiger partial charge in [0, 0.05) is 25.7 Å². The number of aliphatic imine (C=N–C) groups is 1. The lowest BCUT2D eigenvalue weighted by atomic mass is 10.0. The molecule has 1 aromatic rings. The van der Waals surface area contributed by atoms with Crippen molar-refractivity contribution in [1.82, 2.24) is 0 Å². The highest BCUT2D eigenvalue weighted by molar-refractivity contribution is 6.07. The van der Waals surface area contributed by atoms with Crippen molar-refractivity contribution in [3.05, 3.63) is 29.8 Å². The lowest BCUT2D eigenvalue weighted by Gasteiger charge is -2.13. The third-order valence-corrected chi connectivity index (χ3v) is 2.72. The van der Waals surface area contributed by atoms with E-state index in [9.17, 15) is 0 Å². The van der Waals surface area contributed by atoms with Crippen LogP contribution in [0.1, 0.15) is 18.4 Å². The van der Waals surface area contributed by atoms with Gasteiger partial charge >= 0.3 is 0 Å². The summed E-state index contributed by atoms with van der Waals surface area (Å²) in [5, 5.41) is 0. The van der Waals surface area contributed by atoms with E-state index in [-0.39, 0.29) is 0 Å². The molecule has 0 spiro atoms. The van der Waals surface area contributed by atoms with Crippen molar-refractivity contribution < 1.29 is 0 Å². The van der Waals surface area contributed by atoms with Gasteiger partial charge in [-0.05, 0) is 11.6 Å². The Kier molecular flexibility index (Phi) is 1.83. The molecule has 1 aromatic carbocycles. The number of amidine groups is 1. The van der Waals surface area contributed by atoms with Crippen molar-refractivity contribution in [2.75, 3.05) is 19.0 Å². The minimum atomic E-state index is 0.436. The zero-order valence-corrected chi connectivity index (χ0v) is 8.28. The largest absolute Gasteiger partial charge is 0.332 e. The number of hydrogen-bond acceptors (Lipinski definition) is 1. The van der Waals surface area contributed by atoms with Crippen LogP contribution in [0.15, 0.2) is 29.3 Å². The van der Waals surface area contributed by atoms with Crippen LogP contribution >= 0.6 is 0 Å². The number of rotatable bonds is 0. The standard InChI is InChI=1S/C11H14N2/c1-8-9-6-4-5-7-10(9)13(3)11(8)12-2/h4-8H,1-3H3. The zero-order valence-electron chi connectivity index (χ0n) is 8.28. The molecule has 0 N–H and O–H groups in total. The van der Waals surface area contributed by atoms with Gasteiger partial charge in [0.1, 0.15) is 5.84 Å². The second kappa shape index (κ2) is 2.87. The minimum absolute atomic E-state index is 0.436. The van der Waals surface area contributed by atoms with Gasteiger partial charge in [0.2, 0.25) is 0 Å². The maximum atomic E-state index is 4.31. The minimum Gasteiger partial charge on any atom is -0.332 e. The highest BCUT2D eigenvalue weighted by Gasteiger charge is 2.28. The van der Waals surface area contributed by atoms with Gasteiger partial charge in [0.05, 0.1) is 0 Å². The highest BCUT2D eigenvalue weighted by Crippen LogP contribution is 2.35. The quantitative estimate of drug-likeness (QED) is 0.589. The SMILES string of the molecule is CN=C1C(C)c2ccccc2N1C. The van der Waals surface area contributed by atoms with Crippen LogP contribution in [0.4, 0.5) is 5.69 Å². The number of anilines is 1. The Morgan fingerprint density at radius 2 is 2.00 bits per heavy atom. The molecule has 1 atom stereocenters. The molecule has 0 saturated carbocycles. The van der Waals surface area contributed by atoms with Crippen LogP contribution in [-0.2, 0) is 0 Å². The predicted octanol–water partition coefficient (Wildman–Crippen LogP) is 2.27. The van der Waals surface area contributed by atoms with Crippen LogP contribution in [0.3, 0.4) is 0 Å². The molecule has 0 radical (unpaired) electrons. The summed E-state index contributed by atoms with van der Waals surface area (Å²) in [6.45, 7) is 2.20. The fourth-order valence-electron chi connectivity index (χ4n) is 2.06. The van der Waals surface area contributed by atoms with Gasteiger partial charge in [0.15, 0.2) is 0 Å². The summed E-state index contributed by atoms with van der Waals surface area (Å²) in [6.07, 6.45) is 0. The first kappa shape index (κ1) is 8.30. The molecule has 13 heavy (non-hydrogen) atoms. The Hall–Kier alpha value is -1.31. The molecular weight excluding hydrogens is 160 g/mol. The van der Waals surface area contributed by atoms with E-state index >= 15 is 0 Å². The van der Waals surface area contributed by atoms with E-state index in [1.165, 1.54) is 11.3 Å². The molecule has 2 nitrogen and oxygen atoms in total. The molecule has 0 saturated heterocycles. The predicted molar refractivity (Wildman–Crippen MR) is 56.6 cm³/mol. The van der Waals surface area contributed by atoms with E-state index in [1.54, 1.807) is 0 Å². The van der Waals surface area contributed by atoms with Crippen molar-refractivity contribution in [2.24, 2.45) is 4.99 Å². The number of hydrogen-bond donors (Lipinski definition) is 0. The monoisotopic (exact) mass is 174 g/mol. The summed E-state index contributed by atoms with van der Waals surface area (Å²) in [4.78, 5) is 6.47. The van der Waals surface area contributed by atoms with E-state index < -0.39 is 0 Å². The second-order valence-corrected chi connectivity index (χ2v) is 3.42. The van der Waals surface area contributed by atoms with Crippen molar-refractivity contribution >= 4 is 11.5 Å². The molecule has 1 unspecified atom stereocenters. The number of fused-ring (bicyclic) bond motifs is 1. The molecule has 1 heterocycles. The maximum absolute atomic E-state index is 4.31. The molecule has 0 bridgehead atoms. The molecule has 68 valence electrons. The molecular formula is C11H14N2. The second-order valence-electron chi connectivity index (χ2n) is 3.42. The third kappa shape index (κ3) is 1.05. The molecule has 0 amide bonds. The van der Waals surface area contributed by atoms with E-state index in [0.717, 1.165) is 5.84 Å². The van der Waals surface area contributed by atoms with Crippen LogP contribution in [-0.4, -0.2) is 19.9 Å². The number of nitrogens with zero attached hydrogens (tertiary/aromatic N) is 2. The van der Waals surface area contributed by atoms with E-state index in [2.05, 4.69) is 48.1 Å². The summed E-state index contributed by atoms with van der Waals surface area (Å²) < 4.78 is 0. The molecule has 0 aromatic heterocycles.